The van der Waals surface area contributed by atoms with Crippen molar-refractivity contribution in [2.45, 2.75) is 13.5 Å². The highest BCUT2D eigenvalue weighted by Gasteiger charge is 2.37. The number of rotatable bonds is 5. The van der Waals surface area contributed by atoms with Crippen LogP contribution in [0.5, 0.6) is 5.75 Å². The van der Waals surface area contributed by atoms with E-state index < -0.39 is 17.8 Å². The van der Waals surface area contributed by atoms with Crippen molar-refractivity contribution in [3.63, 3.8) is 0 Å². The van der Waals surface area contributed by atoms with Crippen molar-refractivity contribution in [1.82, 2.24) is 5.32 Å². The van der Waals surface area contributed by atoms with Gasteiger partial charge in [0.25, 0.3) is 11.8 Å². The molecule has 1 aliphatic heterocycles. The zero-order valence-electron chi connectivity index (χ0n) is 19.0. The lowest BCUT2D eigenvalue weighted by Gasteiger charge is -2.26. The molecular formula is C29H22N2O4. The SMILES string of the molecule is Cc1ccc(N2C(=O)NC(=O)/C(=C\c3c(OCc4ccccc4)ccc4ccccc34)C2=O)cc1. The van der Waals surface area contributed by atoms with Crippen LogP contribution in [0.4, 0.5) is 10.5 Å². The van der Waals surface area contributed by atoms with E-state index in [2.05, 4.69) is 5.32 Å². The highest BCUT2D eigenvalue weighted by Crippen LogP contribution is 2.32. The van der Waals surface area contributed by atoms with Gasteiger partial charge in [-0.2, -0.15) is 0 Å². The second-order valence-corrected chi connectivity index (χ2v) is 8.27. The molecule has 4 aromatic rings. The number of carbonyl (C=O) groups is 3. The summed E-state index contributed by atoms with van der Waals surface area (Å²) >= 11 is 0. The van der Waals surface area contributed by atoms with Crippen LogP contribution in [0, 0.1) is 6.92 Å². The molecule has 1 aliphatic rings. The third-order valence-corrected chi connectivity index (χ3v) is 5.85. The van der Waals surface area contributed by atoms with Gasteiger partial charge in [0.15, 0.2) is 0 Å². The molecule has 4 aromatic carbocycles. The Morgan fingerprint density at radius 1 is 0.829 bits per heavy atom. The van der Waals surface area contributed by atoms with E-state index in [1.165, 1.54) is 6.08 Å². The van der Waals surface area contributed by atoms with Gasteiger partial charge in [0.2, 0.25) is 0 Å². The predicted octanol–water partition coefficient (Wildman–Crippen LogP) is 5.39. The van der Waals surface area contributed by atoms with Crippen molar-refractivity contribution in [1.29, 1.82) is 0 Å². The summed E-state index contributed by atoms with van der Waals surface area (Å²) in [4.78, 5) is 39.7. The van der Waals surface area contributed by atoms with Gasteiger partial charge in [0.05, 0.1) is 5.69 Å². The number of barbiturate groups is 1. The minimum absolute atomic E-state index is 0.147. The minimum atomic E-state index is -0.778. The zero-order chi connectivity index (χ0) is 24.4. The highest BCUT2D eigenvalue weighted by atomic mass is 16.5. The number of hydrogen-bond donors (Lipinski definition) is 1. The fourth-order valence-corrected chi connectivity index (χ4v) is 4.02. The first-order valence-corrected chi connectivity index (χ1v) is 11.2. The lowest BCUT2D eigenvalue weighted by molar-refractivity contribution is -0.122. The Balaban J connectivity index is 1.58. The number of amides is 4. The van der Waals surface area contributed by atoms with Gasteiger partial charge < -0.3 is 4.74 Å². The van der Waals surface area contributed by atoms with Crippen molar-refractivity contribution in [2.75, 3.05) is 4.90 Å². The Kier molecular flexibility index (Phi) is 5.85. The molecule has 5 rings (SSSR count). The smallest absolute Gasteiger partial charge is 0.335 e. The number of hydrogen-bond acceptors (Lipinski definition) is 4. The molecule has 0 saturated carbocycles. The van der Waals surface area contributed by atoms with Crippen molar-refractivity contribution < 1.29 is 19.1 Å². The van der Waals surface area contributed by atoms with E-state index in [0.29, 0.717) is 23.6 Å². The van der Waals surface area contributed by atoms with Gasteiger partial charge in [-0.3, -0.25) is 14.9 Å². The summed E-state index contributed by atoms with van der Waals surface area (Å²) in [5, 5.41) is 4.04. The number of carbonyl (C=O) groups excluding carboxylic acids is 3. The van der Waals surface area contributed by atoms with Gasteiger partial charge in [-0.25, -0.2) is 9.69 Å². The Bertz CT molecular complexity index is 1470. The monoisotopic (exact) mass is 462 g/mol. The first-order valence-electron chi connectivity index (χ1n) is 11.2. The normalized spacial score (nSPS) is 14.9. The third kappa shape index (κ3) is 4.42. The van der Waals surface area contributed by atoms with Gasteiger partial charge in [0.1, 0.15) is 17.9 Å². The molecule has 6 heteroatoms. The van der Waals surface area contributed by atoms with Crippen molar-refractivity contribution in [3.05, 3.63) is 113 Å². The second kappa shape index (κ2) is 9.27. The van der Waals surface area contributed by atoms with E-state index >= 15 is 0 Å². The maximum atomic E-state index is 13.4. The number of benzene rings is 4. The standard InChI is InChI=1S/C29H22N2O4/c1-19-11-14-22(15-12-19)31-28(33)25(27(32)30-29(31)34)17-24-23-10-6-5-9-21(23)13-16-26(24)35-18-20-7-3-2-4-8-20/h2-17H,18H2,1H3,(H,30,32,34)/b25-17+. The van der Waals surface area contributed by atoms with Crippen LogP contribution in [0.25, 0.3) is 16.8 Å². The minimum Gasteiger partial charge on any atom is -0.488 e. The number of fused-ring (bicyclic) bond motifs is 1. The second-order valence-electron chi connectivity index (χ2n) is 8.27. The van der Waals surface area contributed by atoms with E-state index in [0.717, 1.165) is 26.8 Å². The number of nitrogens with zero attached hydrogens (tertiary/aromatic N) is 1. The molecule has 0 atom stereocenters. The molecule has 6 nitrogen and oxygen atoms in total. The molecule has 1 N–H and O–H groups in total. The van der Waals surface area contributed by atoms with Gasteiger partial charge in [-0.1, -0.05) is 78.4 Å². The third-order valence-electron chi connectivity index (χ3n) is 5.85. The van der Waals surface area contributed by atoms with Crippen LogP contribution < -0.4 is 15.0 Å². The highest BCUT2D eigenvalue weighted by molar-refractivity contribution is 6.39. The van der Waals surface area contributed by atoms with Crippen molar-refractivity contribution >= 4 is 40.4 Å². The van der Waals surface area contributed by atoms with E-state index in [1.807, 2.05) is 73.7 Å². The van der Waals surface area contributed by atoms with Crippen LogP contribution in [0.2, 0.25) is 0 Å². The summed E-state index contributed by atoms with van der Waals surface area (Å²) in [7, 11) is 0. The molecule has 1 fully saturated rings. The topological polar surface area (TPSA) is 75.7 Å². The van der Waals surface area contributed by atoms with Gasteiger partial charge >= 0.3 is 6.03 Å². The maximum absolute atomic E-state index is 13.4. The summed E-state index contributed by atoms with van der Waals surface area (Å²) in [6, 6.07) is 27.3. The number of nitrogens with one attached hydrogen (secondary N) is 1. The average molecular weight is 463 g/mol. The number of ether oxygens (including phenoxy) is 1. The molecular weight excluding hydrogens is 440 g/mol. The molecule has 0 aromatic heterocycles. The quantitative estimate of drug-likeness (QED) is 0.319. The zero-order valence-corrected chi connectivity index (χ0v) is 19.0. The van der Waals surface area contributed by atoms with Crippen LogP contribution in [0.15, 0.2) is 96.6 Å². The van der Waals surface area contributed by atoms with E-state index in [1.54, 1.807) is 24.3 Å². The summed E-state index contributed by atoms with van der Waals surface area (Å²) in [6.07, 6.45) is 1.51. The Labute approximate surface area is 202 Å². The molecule has 0 spiro atoms. The number of anilines is 1. The van der Waals surface area contributed by atoms with Crippen LogP contribution in [0.1, 0.15) is 16.7 Å². The van der Waals surface area contributed by atoms with E-state index in [4.69, 9.17) is 4.74 Å². The lowest BCUT2D eigenvalue weighted by Crippen LogP contribution is -2.54. The van der Waals surface area contributed by atoms with Crippen LogP contribution in [0.3, 0.4) is 0 Å². The molecule has 4 amide bonds. The number of aryl methyl sites for hydroxylation is 1. The fourth-order valence-electron chi connectivity index (χ4n) is 4.02. The first kappa shape index (κ1) is 22.1. The Morgan fingerprint density at radius 3 is 2.31 bits per heavy atom. The molecule has 0 aliphatic carbocycles. The number of urea groups is 1. The van der Waals surface area contributed by atoms with E-state index in [-0.39, 0.29) is 5.57 Å². The molecule has 0 unspecified atom stereocenters. The van der Waals surface area contributed by atoms with E-state index in [9.17, 15) is 14.4 Å². The van der Waals surface area contributed by atoms with Crippen molar-refractivity contribution in [2.24, 2.45) is 0 Å². The Morgan fingerprint density at radius 2 is 1.54 bits per heavy atom. The molecule has 35 heavy (non-hydrogen) atoms. The average Bonchev–Trinajstić information content (AvgIpc) is 2.87. The summed E-state index contributed by atoms with van der Waals surface area (Å²) in [5.74, 6) is -0.908. The van der Waals surface area contributed by atoms with Gasteiger partial charge in [-0.05, 0) is 47.5 Å². The maximum Gasteiger partial charge on any atom is 0.335 e. The van der Waals surface area contributed by atoms with Crippen molar-refractivity contribution in [3.8, 4) is 5.75 Å². The van der Waals surface area contributed by atoms with Gasteiger partial charge in [-0.15, -0.1) is 0 Å². The molecule has 1 saturated heterocycles. The van der Waals surface area contributed by atoms with Crippen LogP contribution in [-0.4, -0.2) is 17.8 Å². The summed E-state index contributed by atoms with van der Waals surface area (Å²) in [5.41, 5.74) is 2.81. The fraction of sp³-hybridized carbons (Fsp3) is 0.0690. The Hall–Kier alpha value is -4.71. The van der Waals surface area contributed by atoms with Crippen LogP contribution >= 0.6 is 0 Å². The molecule has 0 radical (unpaired) electrons. The molecule has 0 bridgehead atoms. The molecule has 172 valence electrons. The predicted molar refractivity (Wildman–Crippen MR) is 135 cm³/mol. The van der Waals surface area contributed by atoms with Gasteiger partial charge in [0, 0.05) is 5.56 Å². The van der Waals surface area contributed by atoms with Crippen LogP contribution in [-0.2, 0) is 16.2 Å². The molecule has 1 heterocycles. The summed E-state index contributed by atoms with van der Waals surface area (Å²) in [6.45, 7) is 2.23. The first-order chi connectivity index (χ1) is 17.0. The summed E-state index contributed by atoms with van der Waals surface area (Å²) < 4.78 is 6.12. The lowest BCUT2D eigenvalue weighted by atomic mass is 9.99. The largest absolute Gasteiger partial charge is 0.488 e. The number of imide groups is 2.